The number of nitrogens with two attached hydrogens (primary N) is 1. The summed E-state index contributed by atoms with van der Waals surface area (Å²) in [6.07, 6.45) is 1.67. The molecule has 0 aromatic carbocycles. The van der Waals surface area contributed by atoms with E-state index in [9.17, 15) is 0 Å². The Morgan fingerprint density at radius 2 is 2.21 bits per heavy atom. The van der Waals surface area contributed by atoms with E-state index in [1.165, 1.54) is 0 Å². The largest absolute Gasteiger partial charge is 0.469 e. The molecule has 0 bridgehead atoms. The van der Waals surface area contributed by atoms with E-state index >= 15 is 0 Å². The monoisotopic (exact) mass is 271 g/mol. The first kappa shape index (κ1) is 9.96. The van der Waals surface area contributed by atoms with Crippen molar-refractivity contribution in [2.75, 3.05) is 0 Å². The molecule has 4 heteroatoms. The van der Waals surface area contributed by atoms with E-state index in [-0.39, 0.29) is 6.04 Å². The molecule has 2 heterocycles. The average Bonchev–Trinajstić information content (AvgIpc) is 2.73. The van der Waals surface area contributed by atoms with Gasteiger partial charge in [-0.05, 0) is 41.1 Å². The van der Waals surface area contributed by atoms with E-state index in [0.29, 0.717) is 0 Å². The van der Waals surface area contributed by atoms with Gasteiger partial charge in [0.05, 0.1) is 16.1 Å². The molecule has 0 amide bonds. The lowest BCUT2D eigenvalue weighted by molar-refractivity contribution is 0.528. The lowest BCUT2D eigenvalue weighted by Crippen LogP contribution is -2.10. The van der Waals surface area contributed by atoms with Crippen LogP contribution >= 0.6 is 27.3 Å². The Balaban J connectivity index is 2.33. The van der Waals surface area contributed by atoms with Gasteiger partial charge in [-0.1, -0.05) is 0 Å². The third kappa shape index (κ3) is 1.78. The predicted molar refractivity (Wildman–Crippen MR) is 61.5 cm³/mol. The number of thiophene rings is 1. The van der Waals surface area contributed by atoms with Gasteiger partial charge in [0.2, 0.25) is 0 Å². The lowest BCUT2D eigenvalue weighted by atomic mass is 10.1. The van der Waals surface area contributed by atoms with Crippen LogP contribution in [-0.2, 0) is 0 Å². The summed E-state index contributed by atoms with van der Waals surface area (Å²) in [5.74, 6) is 0.891. The van der Waals surface area contributed by atoms with Crippen LogP contribution in [0.25, 0.3) is 0 Å². The molecule has 0 spiro atoms. The number of rotatable bonds is 2. The Hall–Kier alpha value is -0.580. The second-order valence-electron chi connectivity index (χ2n) is 3.05. The fourth-order valence-electron chi connectivity index (χ4n) is 1.37. The fraction of sp³-hybridized carbons (Fsp3) is 0.200. The summed E-state index contributed by atoms with van der Waals surface area (Å²) in [5, 5.41) is 0. The van der Waals surface area contributed by atoms with Crippen molar-refractivity contribution in [2.45, 2.75) is 13.0 Å². The Labute approximate surface area is 94.9 Å². The molecule has 0 aliphatic heterocycles. The van der Waals surface area contributed by atoms with Crippen LogP contribution in [-0.4, -0.2) is 0 Å². The Bertz CT molecular complexity index is 435. The highest BCUT2D eigenvalue weighted by atomic mass is 79.9. The van der Waals surface area contributed by atoms with Crippen molar-refractivity contribution < 1.29 is 4.42 Å². The highest BCUT2D eigenvalue weighted by molar-refractivity contribution is 9.11. The van der Waals surface area contributed by atoms with Crippen LogP contribution in [0.15, 0.2) is 32.7 Å². The van der Waals surface area contributed by atoms with Crippen LogP contribution in [0, 0.1) is 6.92 Å². The van der Waals surface area contributed by atoms with E-state index in [2.05, 4.69) is 15.9 Å². The summed E-state index contributed by atoms with van der Waals surface area (Å²) in [7, 11) is 0. The molecule has 1 atom stereocenters. The number of aryl methyl sites for hydroxylation is 1. The molecule has 1 unspecified atom stereocenters. The third-order valence-corrected chi connectivity index (χ3v) is 3.84. The molecule has 2 aromatic heterocycles. The van der Waals surface area contributed by atoms with E-state index in [1.54, 1.807) is 17.6 Å². The summed E-state index contributed by atoms with van der Waals surface area (Å²) < 4.78 is 6.33. The SMILES string of the molecule is Cc1occc1C(N)c1ccc(Br)s1. The van der Waals surface area contributed by atoms with Gasteiger partial charge in [0.1, 0.15) is 5.76 Å². The molecule has 0 fully saturated rings. The van der Waals surface area contributed by atoms with Gasteiger partial charge < -0.3 is 10.2 Å². The second-order valence-corrected chi connectivity index (χ2v) is 5.55. The Kier molecular flexibility index (Phi) is 2.76. The van der Waals surface area contributed by atoms with Crippen LogP contribution in [0.2, 0.25) is 0 Å². The van der Waals surface area contributed by atoms with Crippen LogP contribution in [0.5, 0.6) is 0 Å². The highest BCUT2D eigenvalue weighted by Crippen LogP contribution is 2.31. The minimum atomic E-state index is -0.0787. The van der Waals surface area contributed by atoms with Crippen LogP contribution in [0.1, 0.15) is 22.2 Å². The second kappa shape index (κ2) is 3.88. The maximum atomic E-state index is 6.10. The molecule has 2 aromatic rings. The van der Waals surface area contributed by atoms with Gasteiger partial charge in [0.15, 0.2) is 0 Å². The fourth-order valence-corrected chi connectivity index (χ4v) is 2.81. The van der Waals surface area contributed by atoms with Crippen LogP contribution in [0.3, 0.4) is 0 Å². The molecule has 0 aliphatic carbocycles. The number of halogens is 1. The van der Waals surface area contributed by atoms with E-state index in [4.69, 9.17) is 10.2 Å². The zero-order valence-corrected chi connectivity index (χ0v) is 10.1. The van der Waals surface area contributed by atoms with Crippen molar-refractivity contribution in [1.29, 1.82) is 0 Å². The molecular formula is C10H10BrNOS. The summed E-state index contributed by atoms with van der Waals surface area (Å²) in [6.45, 7) is 1.93. The predicted octanol–water partition coefficient (Wildman–Crippen LogP) is 3.46. The van der Waals surface area contributed by atoms with Crippen molar-refractivity contribution in [1.82, 2.24) is 0 Å². The van der Waals surface area contributed by atoms with Gasteiger partial charge in [-0.25, -0.2) is 0 Å². The van der Waals surface area contributed by atoms with Crippen LogP contribution < -0.4 is 5.73 Å². The smallest absolute Gasteiger partial charge is 0.105 e. The summed E-state index contributed by atoms with van der Waals surface area (Å²) >= 11 is 5.07. The van der Waals surface area contributed by atoms with E-state index in [0.717, 1.165) is 20.0 Å². The Morgan fingerprint density at radius 1 is 1.43 bits per heavy atom. The van der Waals surface area contributed by atoms with Gasteiger partial charge in [0, 0.05) is 10.4 Å². The van der Waals surface area contributed by atoms with Crippen LogP contribution in [0.4, 0.5) is 0 Å². The molecular weight excluding hydrogens is 262 g/mol. The molecule has 0 radical (unpaired) electrons. The molecule has 74 valence electrons. The third-order valence-electron chi connectivity index (χ3n) is 2.13. The summed E-state index contributed by atoms with van der Waals surface area (Å²) in [6, 6.07) is 5.89. The molecule has 2 N–H and O–H groups in total. The van der Waals surface area contributed by atoms with Crippen molar-refractivity contribution in [3.05, 3.63) is 44.4 Å². The number of hydrogen-bond acceptors (Lipinski definition) is 3. The minimum absolute atomic E-state index is 0.0787. The van der Waals surface area contributed by atoms with Gasteiger partial charge in [-0.2, -0.15) is 0 Å². The minimum Gasteiger partial charge on any atom is -0.469 e. The van der Waals surface area contributed by atoms with Crippen molar-refractivity contribution >= 4 is 27.3 Å². The average molecular weight is 272 g/mol. The summed E-state index contributed by atoms with van der Waals surface area (Å²) in [4.78, 5) is 1.14. The number of furan rings is 1. The molecule has 14 heavy (non-hydrogen) atoms. The zero-order valence-electron chi connectivity index (χ0n) is 7.66. The quantitative estimate of drug-likeness (QED) is 0.909. The molecule has 0 saturated heterocycles. The van der Waals surface area contributed by atoms with Gasteiger partial charge in [-0.15, -0.1) is 11.3 Å². The zero-order chi connectivity index (χ0) is 10.1. The summed E-state index contributed by atoms with van der Waals surface area (Å²) in [5.41, 5.74) is 7.16. The molecule has 2 rings (SSSR count). The van der Waals surface area contributed by atoms with Crippen molar-refractivity contribution in [3.63, 3.8) is 0 Å². The first-order valence-electron chi connectivity index (χ1n) is 4.23. The number of hydrogen-bond donors (Lipinski definition) is 1. The first-order valence-corrected chi connectivity index (χ1v) is 5.84. The molecule has 0 aliphatic rings. The van der Waals surface area contributed by atoms with Crippen molar-refractivity contribution in [2.24, 2.45) is 5.73 Å². The molecule has 2 nitrogen and oxygen atoms in total. The van der Waals surface area contributed by atoms with Gasteiger partial charge in [0.25, 0.3) is 0 Å². The van der Waals surface area contributed by atoms with E-state index in [1.807, 2.05) is 25.1 Å². The maximum absolute atomic E-state index is 6.10. The first-order chi connectivity index (χ1) is 6.68. The maximum Gasteiger partial charge on any atom is 0.105 e. The standard InChI is InChI=1S/C10H10BrNOS/c1-6-7(4-5-13-6)10(12)8-2-3-9(11)14-8/h2-5,10H,12H2,1H3. The molecule has 0 saturated carbocycles. The van der Waals surface area contributed by atoms with Gasteiger partial charge in [-0.3, -0.25) is 0 Å². The van der Waals surface area contributed by atoms with E-state index < -0.39 is 0 Å². The Morgan fingerprint density at radius 3 is 2.71 bits per heavy atom. The normalized spacial score (nSPS) is 13.1. The topological polar surface area (TPSA) is 39.2 Å². The van der Waals surface area contributed by atoms with Gasteiger partial charge >= 0.3 is 0 Å². The van der Waals surface area contributed by atoms with Crippen molar-refractivity contribution in [3.8, 4) is 0 Å². The highest BCUT2D eigenvalue weighted by Gasteiger charge is 2.14. The lowest BCUT2D eigenvalue weighted by Gasteiger charge is -2.07.